The van der Waals surface area contributed by atoms with Crippen LogP contribution in [0.1, 0.15) is 38.3 Å². The van der Waals surface area contributed by atoms with Crippen LogP contribution < -0.4 is 17.2 Å². The lowest BCUT2D eigenvalue weighted by Crippen LogP contribution is -2.38. The molecule has 0 radical (unpaired) electrons. The highest BCUT2D eigenvalue weighted by Crippen LogP contribution is 2.23. The van der Waals surface area contributed by atoms with Crippen LogP contribution >= 0.6 is 0 Å². The first kappa shape index (κ1) is 31.7. The van der Waals surface area contributed by atoms with Gasteiger partial charge in [-0.25, -0.2) is 19.4 Å². The molecule has 3 unspecified atom stereocenters. The predicted octanol–water partition coefficient (Wildman–Crippen LogP) is 0.269. The van der Waals surface area contributed by atoms with Gasteiger partial charge in [0.05, 0.1) is 6.04 Å². The number of aromatic hydroxyl groups is 2. The number of benzene rings is 2. The quantitative estimate of drug-likeness (QED) is 0.121. The number of phenols is 2. The number of rotatable bonds is 11. The fraction of sp³-hybridized carbons (Fsp3) is 0.292. The van der Waals surface area contributed by atoms with Gasteiger partial charge in [0.25, 0.3) is 0 Å². The third kappa shape index (κ3) is 8.48. The zero-order valence-electron chi connectivity index (χ0n) is 20.4. The third-order valence-electron chi connectivity index (χ3n) is 5.43. The van der Waals surface area contributed by atoms with Crippen LogP contribution in [0.2, 0.25) is 0 Å². The summed E-state index contributed by atoms with van der Waals surface area (Å²) in [5, 5.41) is 28.7. The zero-order chi connectivity index (χ0) is 30.4. The van der Waals surface area contributed by atoms with E-state index in [0.717, 1.165) is 24.3 Å². The van der Waals surface area contributed by atoms with Crippen molar-refractivity contribution in [1.82, 2.24) is 0 Å². The topological polar surface area (TPSA) is 243 Å². The lowest BCUT2D eigenvalue weighted by atomic mass is 9.90. The van der Waals surface area contributed by atoms with Gasteiger partial charge < -0.3 is 32.5 Å². The molecule has 2 aromatic carbocycles. The second-order valence-corrected chi connectivity index (χ2v) is 8.51. The van der Waals surface area contributed by atoms with E-state index in [1.807, 2.05) is 0 Å². The number of hydrogen-bond donors (Lipinski definition) is 6. The number of phenolic OH excluding ortho intramolecular Hbond substituents is 2. The number of hydrogen-bond acceptors (Lipinski definition) is 12. The largest absolute Gasteiger partial charge is 0.508 e. The van der Waals surface area contributed by atoms with Gasteiger partial charge in [-0.15, -0.1) is 0 Å². The van der Waals surface area contributed by atoms with Gasteiger partial charge in [-0.1, -0.05) is 12.1 Å². The molecule has 2 aromatic rings. The molecule has 0 fully saturated rings. The summed E-state index contributed by atoms with van der Waals surface area (Å²) in [6.07, 6.45) is -6.90. The van der Waals surface area contributed by atoms with E-state index in [2.05, 4.69) is 9.78 Å². The smallest absolute Gasteiger partial charge is 0.495 e. The van der Waals surface area contributed by atoms with Crippen molar-refractivity contribution in [2.24, 2.45) is 17.2 Å². The number of carboxylic acids is 1. The van der Waals surface area contributed by atoms with Crippen molar-refractivity contribution in [2.75, 3.05) is 0 Å². The predicted molar refractivity (Wildman–Crippen MR) is 127 cm³/mol. The van der Waals surface area contributed by atoms with Crippen molar-refractivity contribution in [1.29, 1.82) is 0 Å². The summed E-state index contributed by atoms with van der Waals surface area (Å²) in [4.78, 5) is 66.9. The minimum absolute atomic E-state index is 0.0252. The summed E-state index contributed by atoms with van der Waals surface area (Å²) in [5.41, 5.74) is 16.8. The van der Waals surface area contributed by atoms with Crippen molar-refractivity contribution < 1.29 is 62.2 Å². The second kappa shape index (κ2) is 13.0. The fourth-order valence-electron chi connectivity index (χ4n) is 3.41. The van der Waals surface area contributed by atoms with E-state index >= 15 is 0 Å². The minimum Gasteiger partial charge on any atom is -0.508 e. The molecule has 0 aromatic heterocycles. The third-order valence-corrected chi connectivity index (χ3v) is 5.43. The molecular formula is C24H24F3N3O10. The summed E-state index contributed by atoms with van der Waals surface area (Å²) in [5.74, 6) is -8.13. The molecule has 16 heteroatoms. The van der Waals surface area contributed by atoms with E-state index in [0.29, 0.717) is 0 Å². The summed E-state index contributed by atoms with van der Waals surface area (Å²) in [7, 11) is 0. The van der Waals surface area contributed by atoms with E-state index in [-0.39, 0.29) is 34.4 Å². The molecule has 0 saturated carbocycles. The number of halogens is 3. The first-order valence-corrected chi connectivity index (χ1v) is 11.2. The summed E-state index contributed by atoms with van der Waals surface area (Å²) >= 11 is 0. The van der Waals surface area contributed by atoms with Gasteiger partial charge in [-0.2, -0.15) is 13.2 Å². The number of Topliss-reactive ketones (excluding diaryl/α,β-unsaturated/α-hetero) is 2. The molecule has 9 N–H and O–H groups in total. The average molecular weight is 571 g/mol. The van der Waals surface area contributed by atoms with Crippen LogP contribution in [0, 0.1) is 0 Å². The molecule has 0 bridgehead atoms. The van der Waals surface area contributed by atoms with Gasteiger partial charge in [0.2, 0.25) is 0 Å². The van der Waals surface area contributed by atoms with Crippen molar-refractivity contribution >= 4 is 29.5 Å². The highest BCUT2D eigenvalue weighted by atomic mass is 19.4. The molecule has 0 saturated heterocycles. The maximum Gasteiger partial charge on any atom is 0.495 e. The van der Waals surface area contributed by atoms with Gasteiger partial charge >= 0.3 is 24.1 Å². The van der Waals surface area contributed by atoms with Crippen molar-refractivity contribution in [3.05, 3.63) is 58.7 Å². The Morgan fingerprint density at radius 3 is 1.80 bits per heavy atom. The Bertz CT molecular complexity index is 1320. The number of nitrogens with two attached hydrogens (primary N) is 3. The van der Waals surface area contributed by atoms with E-state index < -0.39 is 72.4 Å². The van der Waals surface area contributed by atoms with Gasteiger partial charge in [-0.3, -0.25) is 14.4 Å². The highest BCUT2D eigenvalue weighted by Gasteiger charge is 2.43. The lowest BCUT2D eigenvalue weighted by molar-refractivity contribution is -0.286. The Morgan fingerprint density at radius 1 is 0.775 bits per heavy atom. The second-order valence-electron chi connectivity index (χ2n) is 8.51. The number of alkyl halides is 3. The molecule has 0 aliphatic rings. The molecule has 0 amide bonds. The maximum atomic E-state index is 13.1. The maximum absolute atomic E-state index is 13.1. The summed E-state index contributed by atoms with van der Waals surface area (Å²) in [6, 6.07) is 2.13. The first-order chi connectivity index (χ1) is 18.5. The molecule has 0 spiro atoms. The van der Waals surface area contributed by atoms with Gasteiger partial charge in [-0.05, 0) is 48.2 Å². The first-order valence-electron chi connectivity index (χ1n) is 11.2. The zero-order valence-corrected chi connectivity index (χ0v) is 20.4. The Hall–Kier alpha value is -4.54. The Balaban J connectivity index is 2.20. The number of aliphatic carboxylic acids is 1. The van der Waals surface area contributed by atoms with Gasteiger partial charge in [0.15, 0.2) is 11.6 Å². The average Bonchev–Trinajstić information content (AvgIpc) is 2.87. The fourth-order valence-corrected chi connectivity index (χ4v) is 3.41. The van der Waals surface area contributed by atoms with Crippen LogP contribution in [-0.4, -0.2) is 69.1 Å². The van der Waals surface area contributed by atoms with E-state index in [1.165, 1.54) is 12.1 Å². The molecule has 0 aliphatic heterocycles. The van der Waals surface area contributed by atoms with Gasteiger partial charge in [0.1, 0.15) is 23.6 Å². The highest BCUT2D eigenvalue weighted by molar-refractivity contribution is 6.07. The van der Waals surface area contributed by atoms with Crippen LogP contribution in [-0.2, 0) is 37.0 Å². The molecule has 216 valence electrons. The van der Waals surface area contributed by atoms with Crippen molar-refractivity contribution in [3.63, 3.8) is 0 Å². The minimum atomic E-state index is -5.43. The molecule has 40 heavy (non-hydrogen) atoms. The Kier molecular flexibility index (Phi) is 10.3. The van der Waals surface area contributed by atoms with Crippen LogP contribution in [0.4, 0.5) is 13.2 Å². The molecular weight excluding hydrogens is 547 g/mol. The molecule has 0 aliphatic carbocycles. The molecule has 2 rings (SSSR count). The van der Waals surface area contributed by atoms with Crippen LogP contribution in [0.25, 0.3) is 0 Å². The summed E-state index contributed by atoms with van der Waals surface area (Å²) < 4.78 is 36.6. The van der Waals surface area contributed by atoms with Crippen molar-refractivity contribution in [2.45, 2.75) is 43.6 Å². The summed E-state index contributed by atoms with van der Waals surface area (Å²) in [6.45, 7) is 0. The standard InChI is InChI=1S/C24H24F3N3O10/c25-24(26,27)23(38)40-39-22(37)18(30)6-11-2-4-13(32)8-15(11)20(34)16(28)9-19(33)14-7-12(31)3-1-10(14)5-17(29)21(35)36/h1-4,7-8,16-18,31-32H,5-6,9,28-30H2,(H,35,36). The van der Waals surface area contributed by atoms with E-state index in [1.54, 1.807) is 0 Å². The lowest BCUT2D eigenvalue weighted by Gasteiger charge is -2.17. The SMILES string of the molecule is NC(Cc1ccc(O)cc1C(=O)CC(N)C(=O)c1cc(O)ccc1CC(N)C(=O)OOC(=O)C(F)(F)F)C(=O)O. The Morgan fingerprint density at radius 2 is 1.27 bits per heavy atom. The molecule has 0 heterocycles. The molecule has 3 atom stereocenters. The van der Waals surface area contributed by atoms with E-state index in [9.17, 15) is 47.4 Å². The van der Waals surface area contributed by atoms with Gasteiger partial charge in [0, 0.05) is 17.5 Å². The van der Waals surface area contributed by atoms with Crippen molar-refractivity contribution in [3.8, 4) is 11.5 Å². The number of carboxylic acid groups (broad SMARTS) is 1. The molecule has 13 nitrogen and oxygen atoms in total. The van der Waals surface area contributed by atoms with Crippen LogP contribution in [0.15, 0.2) is 36.4 Å². The number of carbonyl (C=O) groups excluding carboxylic acids is 4. The monoisotopic (exact) mass is 571 g/mol. The normalized spacial score (nSPS) is 13.6. The number of carbonyl (C=O) groups is 5. The number of ketones is 2. The van der Waals surface area contributed by atoms with Crippen LogP contribution in [0.5, 0.6) is 11.5 Å². The van der Waals surface area contributed by atoms with E-state index in [4.69, 9.17) is 22.3 Å². The van der Waals surface area contributed by atoms with Crippen LogP contribution in [0.3, 0.4) is 0 Å². The Labute approximate surface area is 223 Å².